The Kier molecular flexibility index (Phi) is 6.05. The summed E-state index contributed by atoms with van der Waals surface area (Å²) in [4.78, 5) is 12.6. The van der Waals surface area contributed by atoms with Crippen molar-refractivity contribution in [3.63, 3.8) is 0 Å². The average Bonchev–Trinajstić information content (AvgIpc) is 2.51. The maximum atomic E-state index is 12.6. The van der Waals surface area contributed by atoms with Crippen LogP contribution in [-0.4, -0.2) is 21.8 Å². The second-order valence-electron chi connectivity index (χ2n) is 9.00. The van der Waals surface area contributed by atoms with Crippen molar-refractivity contribution in [1.29, 1.82) is 0 Å². The van der Waals surface area contributed by atoms with Crippen LogP contribution in [0.25, 0.3) is 0 Å². The highest BCUT2D eigenvalue weighted by Crippen LogP contribution is 2.63. The van der Waals surface area contributed by atoms with Crippen LogP contribution < -0.4 is 0 Å². The number of carbonyl (C=O) groups excluding carboxylic acids is 1. The summed E-state index contributed by atoms with van der Waals surface area (Å²) in [5, 5.41) is 11.4. The Bertz CT molecular complexity index is 433. The summed E-state index contributed by atoms with van der Waals surface area (Å²) in [5.41, 5.74) is -0.520. The zero-order valence-corrected chi connectivity index (χ0v) is 17.2. The van der Waals surface area contributed by atoms with Crippen molar-refractivity contribution in [2.45, 2.75) is 78.7 Å². The van der Waals surface area contributed by atoms with E-state index in [1.807, 2.05) is 6.92 Å². The molecule has 134 valence electrons. The van der Waals surface area contributed by atoms with Crippen LogP contribution in [0.15, 0.2) is 0 Å². The Hall–Kier alpha value is 0.110. The standard InChI is InChI=1S/C20H35BrO2/c1-6-15-16-11-19(4,23)9-7-13(2)14(3)8-10-20(16,5)18(15)17(22)12-21/h13-16,18,23H,6-12H2,1-5H3/t13-,14-,15-,16?,18-,19-,20?/m1/s1. The molecule has 7 atom stereocenters. The molecule has 0 bridgehead atoms. The third-order valence-corrected chi connectivity index (χ3v) is 7.91. The van der Waals surface area contributed by atoms with Crippen LogP contribution in [0.3, 0.4) is 0 Å². The van der Waals surface area contributed by atoms with Crippen molar-refractivity contribution in [1.82, 2.24) is 0 Å². The van der Waals surface area contributed by atoms with Gasteiger partial charge in [0.25, 0.3) is 0 Å². The number of hydrogen-bond donors (Lipinski definition) is 1. The number of rotatable bonds is 3. The summed E-state index contributed by atoms with van der Waals surface area (Å²) < 4.78 is 0. The van der Waals surface area contributed by atoms with Crippen molar-refractivity contribution >= 4 is 21.7 Å². The van der Waals surface area contributed by atoms with Gasteiger partial charge < -0.3 is 5.11 Å². The number of hydrogen-bond acceptors (Lipinski definition) is 2. The molecule has 0 heterocycles. The lowest BCUT2D eigenvalue weighted by molar-refractivity contribution is -0.171. The monoisotopic (exact) mass is 386 g/mol. The molecular formula is C20H35BrO2. The molecule has 0 saturated heterocycles. The van der Waals surface area contributed by atoms with E-state index in [1.54, 1.807) is 0 Å². The molecule has 0 radical (unpaired) electrons. The topological polar surface area (TPSA) is 37.3 Å². The molecule has 3 heteroatoms. The van der Waals surface area contributed by atoms with Crippen LogP contribution in [0, 0.1) is 35.0 Å². The fourth-order valence-electron chi connectivity index (χ4n) is 5.48. The Labute approximate surface area is 150 Å². The maximum Gasteiger partial charge on any atom is 0.147 e. The molecule has 2 aliphatic rings. The number of halogens is 1. The van der Waals surface area contributed by atoms with Gasteiger partial charge in [0.15, 0.2) is 0 Å². The molecule has 0 aromatic carbocycles. The highest BCUT2D eigenvalue weighted by molar-refractivity contribution is 9.09. The SMILES string of the molecule is CC[C@@H]1C2C[C@](C)(O)CC[C@@H](C)[C@H](C)CCC2(C)[C@H]1C(=O)CBr. The highest BCUT2D eigenvalue weighted by Gasteiger charge is 2.60. The van der Waals surface area contributed by atoms with E-state index in [4.69, 9.17) is 0 Å². The van der Waals surface area contributed by atoms with Gasteiger partial charge >= 0.3 is 0 Å². The fraction of sp³-hybridized carbons (Fsp3) is 0.950. The van der Waals surface area contributed by atoms with Gasteiger partial charge in [-0.15, -0.1) is 0 Å². The summed E-state index contributed by atoms with van der Waals surface area (Å²) in [7, 11) is 0. The molecule has 2 nitrogen and oxygen atoms in total. The highest BCUT2D eigenvalue weighted by atomic mass is 79.9. The lowest BCUT2D eigenvalue weighted by Gasteiger charge is -2.62. The second-order valence-corrected chi connectivity index (χ2v) is 9.56. The van der Waals surface area contributed by atoms with E-state index in [9.17, 15) is 9.90 Å². The Morgan fingerprint density at radius 3 is 2.26 bits per heavy atom. The van der Waals surface area contributed by atoms with E-state index in [0.29, 0.717) is 34.8 Å². The first-order valence-corrected chi connectivity index (χ1v) is 10.6. The fourth-order valence-corrected chi connectivity index (χ4v) is 5.83. The van der Waals surface area contributed by atoms with E-state index < -0.39 is 5.60 Å². The van der Waals surface area contributed by atoms with Crippen molar-refractivity contribution in [3.8, 4) is 0 Å². The lowest BCUT2D eigenvalue weighted by Crippen LogP contribution is -2.60. The van der Waals surface area contributed by atoms with Crippen molar-refractivity contribution in [2.75, 3.05) is 5.33 Å². The molecule has 0 spiro atoms. The molecule has 0 aromatic rings. The lowest BCUT2D eigenvalue weighted by atomic mass is 9.42. The summed E-state index contributed by atoms with van der Waals surface area (Å²) in [6, 6.07) is 0. The Morgan fingerprint density at radius 1 is 1.17 bits per heavy atom. The van der Waals surface area contributed by atoms with Crippen molar-refractivity contribution in [3.05, 3.63) is 0 Å². The van der Waals surface area contributed by atoms with Crippen molar-refractivity contribution < 1.29 is 9.90 Å². The molecule has 0 aliphatic heterocycles. The molecule has 23 heavy (non-hydrogen) atoms. The van der Waals surface area contributed by atoms with E-state index in [-0.39, 0.29) is 11.3 Å². The molecule has 0 amide bonds. The van der Waals surface area contributed by atoms with E-state index >= 15 is 0 Å². The van der Waals surface area contributed by atoms with Gasteiger partial charge in [0.1, 0.15) is 5.78 Å². The minimum Gasteiger partial charge on any atom is -0.390 e. The molecule has 2 aliphatic carbocycles. The molecule has 1 N–H and O–H groups in total. The Balaban J connectivity index is 2.30. The van der Waals surface area contributed by atoms with Crippen LogP contribution in [0.5, 0.6) is 0 Å². The predicted octanol–water partition coefficient (Wildman–Crippen LogP) is 5.22. The van der Waals surface area contributed by atoms with Crippen LogP contribution in [0.2, 0.25) is 0 Å². The Morgan fingerprint density at radius 2 is 1.74 bits per heavy atom. The average molecular weight is 387 g/mol. The van der Waals surface area contributed by atoms with Crippen LogP contribution >= 0.6 is 15.9 Å². The quantitative estimate of drug-likeness (QED) is 0.675. The van der Waals surface area contributed by atoms with E-state index in [1.165, 1.54) is 6.42 Å². The number of Topliss-reactive ketones (excluding diaryl/α,β-unsaturated/α-hetero) is 1. The van der Waals surface area contributed by atoms with E-state index in [0.717, 1.165) is 32.1 Å². The van der Waals surface area contributed by atoms with Gasteiger partial charge in [0.2, 0.25) is 0 Å². The molecule has 2 rings (SSSR count). The van der Waals surface area contributed by atoms with Crippen molar-refractivity contribution in [2.24, 2.45) is 35.0 Å². The van der Waals surface area contributed by atoms with Gasteiger partial charge in [-0.3, -0.25) is 4.79 Å². The minimum absolute atomic E-state index is 0.0703. The maximum absolute atomic E-state index is 12.6. The molecule has 0 aromatic heterocycles. The van der Waals surface area contributed by atoms with Gasteiger partial charge in [0, 0.05) is 5.92 Å². The largest absolute Gasteiger partial charge is 0.390 e. The van der Waals surface area contributed by atoms with Gasteiger partial charge in [-0.25, -0.2) is 0 Å². The number of carbonyl (C=O) groups is 1. The third-order valence-electron chi connectivity index (χ3n) is 7.36. The number of fused-ring (bicyclic) bond motifs is 1. The van der Waals surface area contributed by atoms with Gasteiger partial charge in [-0.05, 0) is 68.1 Å². The smallest absolute Gasteiger partial charge is 0.147 e. The molecular weight excluding hydrogens is 352 g/mol. The molecule has 2 unspecified atom stereocenters. The number of ketones is 1. The summed E-state index contributed by atoms with van der Waals surface area (Å²) in [6.45, 7) is 11.2. The van der Waals surface area contributed by atoms with Crippen LogP contribution in [0.1, 0.15) is 73.1 Å². The van der Waals surface area contributed by atoms with Gasteiger partial charge in [0.05, 0.1) is 10.9 Å². The predicted molar refractivity (Wildman–Crippen MR) is 99.7 cm³/mol. The first-order chi connectivity index (χ1) is 10.7. The van der Waals surface area contributed by atoms with Gasteiger partial charge in [-0.1, -0.05) is 50.0 Å². The molecule has 2 fully saturated rings. The third kappa shape index (κ3) is 3.71. The number of alkyl halides is 1. The zero-order valence-electron chi connectivity index (χ0n) is 15.6. The van der Waals surface area contributed by atoms with E-state index in [2.05, 4.69) is 43.6 Å². The first-order valence-electron chi connectivity index (χ1n) is 9.47. The van der Waals surface area contributed by atoms with Crippen LogP contribution in [-0.2, 0) is 4.79 Å². The normalized spacial score (nSPS) is 48.2. The first kappa shape index (κ1) is 19.4. The minimum atomic E-state index is -0.590. The zero-order chi connectivity index (χ0) is 17.4. The summed E-state index contributed by atoms with van der Waals surface area (Å²) in [5.74, 6) is 2.79. The van der Waals surface area contributed by atoms with Gasteiger partial charge in [-0.2, -0.15) is 0 Å². The molecule has 2 saturated carbocycles. The summed E-state index contributed by atoms with van der Waals surface area (Å²) >= 11 is 3.40. The summed E-state index contributed by atoms with van der Waals surface area (Å²) in [6.07, 6.45) is 6.23. The number of aliphatic hydroxyl groups is 1. The second kappa shape index (κ2) is 7.15. The van der Waals surface area contributed by atoms with Crippen LogP contribution in [0.4, 0.5) is 0 Å².